The first-order chi connectivity index (χ1) is 10.1. The van der Waals surface area contributed by atoms with Crippen LogP contribution in [0.5, 0.6) is 11.8 Å². The Labute approximate surface area is 122 Å². The summed E-state index contributed by atoms with van der Waals surface area (Å²) in [5, 5.41) is 8.04. The van der Waals surface area contributed by atoms with Crippen molar-refractivity contribution in [2.75, 3.05) is 24.7 Å². The molecule has 2 N–H and O–H groups in total. The zero-order valence-electron chi connectivity index (χ0n) is 11.8. The second-order valence-corrected chi connectivity index (χ2v) is 4.80. The number of benzene rings is 2. The van der Waals surface area contributed by atoms with Gasteiger partial charge in [-0.15, -0.1) is 5.10 Å². The molecule has 0 aliphatic heterocycles. The molecule has 106 valence electrons. The largest absolute Gasteiger partial charge is 0.421 e. The molecule has 0 radical (unpaired) electrons. The molecule has 0 saturated heterocycles. The van der Waals surface area contributed by atoms with Gasteiger partial charge in [-0.2, -0.15) is 4.98 Å². The third-order valence-electron chi connectivity index (χ3n) is 3.06. The van der Waals surface area contributed by atoms with Crippen molar-refractivity contribution in [1.82, 2.24) is 15.2 Å². The van der Waals surface area contributed by atoms with Crippen molar-refractivity contribution in [2.24, 2.45) is 0 Å². The Morgan fingerprint density at radius 2 is 1.76 bits per heavy atom. The number of nitrogen functional groups attached to an aromatic ring is 1. The fourth-order valence-electron chi connectivity index (χ4n) is 1.90. The van der Waals surface area contributed by atoms with Crippen molar-refractivity contribution in [1.29, 1.82) is 0 Å². The molecule has 1 heterocycles. The number of aromatic nitrogens is 3. The standard InChI is InChI=1S/C15H15N5O/c1-20(2)10-7-8-11(16)14(9-10)21-15-17-12-5-3-4-6-13(12)18-19-15/h3-9H,16H2,1-2H3. The first-order valence-corrected chi connectivity index (χ1v) is 6.47. The van der Waals surface area contributed by atoms with E-state index in [2.05, 4.69) is 15.2 Å². The fourth-order valence-corrected chi connectivity index (χ4v) is 1.90. The average Bonchev–Trinajstić information content (AvgIpc) is 2.49. The lowest BCUT2D eigenvalue weighted by molar-refractivity contribution is 0.439. The Morgan fingerprint density at radius 3 is 2.52 bits per heavy atom. The highest BCUT2D eigenvalue weighted by molar-refractivity contribution is 5.73. The van der Waals surface area contributed by atoms with Crippen LogP contribution in [0.15, 0.2) is 42.5 Å². The summed E-state index contributed by atoms with van der Waals surface area (Å²) in [7, 11) is 3.90. The monoisotopic (exact) mass is 281 g/mol. The van der Waals surface area contributed by atoms with Gasteiger partial charge >= 0.3 is 6.01 Å². The van der Waals surface area contributed by atoms with Gasteiger partial charge in [-0.1, -0.05) is 17.2 Å². The number of para-hydroxylation sites is 1. The normalized spacial score (nSPS) is 10.6. The molecule has 0 aliphatic rings. The summed E-state index contributed by atoms with van der Waals surface area (Å²) in [5.74, 6) is 0.512. The molecular formula is C15H15N5O. The molecule has 6 nitrogen and oxygen atoms in total. The number of anilines is 2. The minimum absolute atomic E-state index is 0.177. The second kappa shape index (κ2) is 5.24. The summed E-state index contributed by atoms with van der Waals surface area (Å²) in [6, 6.07) is 13.2. The molecule has 0 unspecified atom stereocenters. The maximum absolute atomic E-state index is 5.93. The molecule has 0 atom stereocenters. The first-order valence-electron chi connectivity index (χ1n) is 6.47. The van der Waals surface area contributed by atoms with Crippen LogP contribution >= 0.6 is 0 Å². The van der Waals surface area contributed by atoms with Gasteiger partial charge in [0.2, 0.25) is 0 Å². The maximum Gasteiger partial charge on any atom is 0.341 e. The van der Waals surface area contributed by atoms with Crippen LogP contribution in [0.2, 0.25) is 0 Å². The highest BCUT2D eigenvalue weighted by atomic mass is 16.5. The lowest BCUT2D eigenvalue weighted by atomic mass is 10.2. The molecule has 2 aromatic carbocycles. The van der Waals surface area contributed by atoms with Crippen LogP contribution < -0.4 is 15.4 Å². The van der Waals surface area contributed by atoms with Crippen LogP contribution in [-0.4, -0.2) is 29.3 Å². The Balaban J connectivity index is 1.96. The summed E-state index contributed by atoms with van der Waals surface area (Å²) < 4.78 is 5.67. The topological polar surface area (TPSA) is 77.2 Å². The van der Waals surface area contributed by atoms with E-state index in [9.17, 15) is 0 Å². The van der Waals surface area contributed by atoms with Crippen LogP contribution in [0.1, 0.15) is 0 Å². The third-order valence-corrected chi connectivity index (χ3v) is 3.06. The highest BCUT2D eigenvalue weighted by Gasteiger charge is 2.08. The molecule has 1 aromatic heterocycles. The van der Waals surface area contributed by atoms with E-state index in [-0.39, 0.29) is 6.01 Å². The van der Waals surface area contributed by atoms with E-state index in [0.717, 1.165) is 16.7 Å². The van der Waals surface area contributed by atoms with Crippen LogP contribution in [0.25, 0.3) is 11.0 Å². The summed E-state index contributed by atoms with van der Waals surface area (Å²) in [4.78, 5) is 6.29. The van der Waals surface area contributed by atoms with Gasteiger partial charge in [0.05, 0.1) is 11.2 Å². The minimum atomic E-state index is 0.177. The molecular weight excluding hydrogens is 266 g/mol. The molecule has 21 heavy (non-hydrogen) atoms. The van der Waals surface area contributed by atoms with Crippen molar-refractivity contribution in [3.8, 4) is 11.8 Å². The van der Waals surface area contributed by atoms with Gasteiger partial charge in [-0.25, -0.2) is 0 Å². The fraction of sp³-hybridized carbons (Fsp3) is 0.133. The SMILES string of the molecule is CN(C)c1ccc(N)c(Oc2nnc3ccccc3n2)c1. The molecule has 3 rings (SSSR count). The van der Waals surface area contributed by atoms with Gasteiger partial charge in [0.1, 0.15) is 5.52 Å². The first kappa shape index (κ1) is 13.1. The van der Waals surface area contributed by atoms with Gasteiger partial charge in [0, 0.05) is 25.8 Å². The average molecular weight is 281 g/mol. The van der Waals surface area contributed by atoms with E-state index >= 15 is 0 Å². The van der Waals surface area contributed by atoms with Crippen molar-refractivity contribution in [2.45, 2.75) is 0 Å². The summed E-state index contributed by atoms with van der Waals surface area (Å²) in [6.07, 6.45) is 0. The number of nitrogens with two attached hydrogens (primary N) is 1. The molecule has 0 saturated carbocycles. The smallest absolute Gasteiger partial charge is 0.341 e. The third kappa shape index (κ3) is 2.69. The predicted octanol–water partition coefficient (Wildman–Crippen LogP) is 2.47. The number of ether oxygens (including phenoxy) is 1. The lowest BCUT2D eigenvalue weighted by Gasteiger charge is -2.14. The Bertz CT molecular complexity index is 788. The minimum Gasteiger partial charge on any atom is -0.421 e. The number of hydrogen-bond acceptors (Lipinski definition) is 6. The zero-order valence-corrected chi connectivity index (χ0v) is 11.8. The molecule has 0 fully saturated rings. The summed E-state index contributed by atoms with van der Waals surface area (Å²) in [5.41, 5.74) is 8.88. The molecule has 0 aliphatic carbocycles. The number of rotatable bonds is 3. The Hall–Kier alpha value is -2.89. The van der Waals surface area contributed by atoms with Crippen LogP contribution in [0, 0.1) is 0 Å². The van der Waals surface area contributed by atoms with Gasteiger partial charge in [0.15, 0.2) is 5.75 Å². The molecule has 0 spiro atoms. The van der Waals surface area contributed by atoms with Crippen LogP contribution in [-0.2, 0) is 0 Å². The van der Waals surface area contributed by atoms with E-state index in [1.54, 1.807) is 6.07 Å². The molecule has 0 bridgehead atoms. The second-order valence-electron chi connectivity index (χ2n) is 4.80. The number of nitrogens with zero attached hydrogens (tertiary/aromatic N) is 4. The van der Waals surface area contributed by atoms with Gasteiger partial charge < -0.3 is 15.4 Å². The quantitative estimate of drug-likeness (QED) is 0.743. The van der Waals surface area contributed by atoms with Crippen molar-refractivity contribution >= 4 is 22.4 Å². The van der Waals surface area contributed by atoms with E-state index in [4.69, 9.17) is 10.5 Å². The van der Waals surface area contributed by atoms with E-state index in [0.29, 0.717) is 11.4 Å². The Morgan fingerprint density at radius 1 is 1.00 bits per heavy atom. The molecule has 0 amide bonds. The van der Waals surface area contributed by atoms with Crippen LogP contribution in [0.3, 0.4) is 0 Å². The lowest BCUT2D eigenvalue weighted by Crippen LogP contribution is -2.09. The molecule has 3 aromatic rings. The van der Waals surface area contributed by atoms with Crippen LogP contribution in [0.4, 0.5) is 11.4 Å². The predicted molar refractivity (Wildman–Crippen MR) is 82.6 cm³/mol. The summed E-state index contributed by atoms with van der Waals surface area (Å²) in [6.45, 7) is 0. The van der Waals surface area contributed by atoms with Crippen molar-refractivity contribution < 1.29 is 4.74 Å². The van der Waals surface area contributed by atoms with E-state index < -0.39 is 0 Å². The van der Waals surface area contributed by atoms with Gasteiger partial charge in [-0.05, 0) is 24.3 Å². The van der Waals surface area contributed by atoms with Gasteiger partial charge in [0.25, 0.3) is 0 Å². The molecule has 6 heteroatoms. The summed E-state index contributed by atoms with van der Waals surface area (Å²) >= 11 is 0. The maximum atomic E-state index is 5.93. The van der Waals surface area contributed by atoms with E-state index in [1.165, 1.54) is 0 Å². The van der Waals surface area contributed by atoms with E-state index in [1.807, 2.05) is 55.4 Å². The Kier molecular flexibility index (Phi) is 3.27. The highest BCUT2D eigenvalue weighted by Crippen LogP contribution is 2.29. The van der Waals surface area contributed by atoms with Crippen molar-refractivity contribution in [3.63, 3.8) is 0 Å². The zero-order chi connectivity index (χ0) is 14.8. The van der Waals surface area contributed by atoms with Gasteiger partial charge in [-0.3, -0.25) is 0 Å². The number of fused-ring (bicyclic) bond motifs is 1. The van der Waals surface area contributed by atoms with Crippen molar-refractivity contribution in [3.05, 3.63) is 42.5 Å². The number of hydrogen-bond donors (Lipinski definition) is 1.